The van der Waals surface area contributed by atoms with Crippen LogP contribution in [0.4, 0.5) is 0 Å². The van der Waals surface area contributed by atoms with Crippen LogP contribution in [0.3, 0.4) is 0 Å². The molecule has 6 heteroatoms. The average Bonchev–Trinajstić information content (AvgIpc) is 2.97. The highest BCUT2D eigenvalue weighted by Crippen LogP contribution is 2.33. The van der Waals surface area contributed by atoms with Gasteiger partial charge in [-0.15, -0.1) is 11.3 Å². The van der Waals surface area contributed by atoms with Gasteiger partial charge in [-0.3, -0.25) is 0 Å². The van der Waals surface area contributed by atoms with Crippen molar-refractivity contribution in [1.29, 1.82) is 0 Å². The zero-order valence-corrected chi connectivity index (χ0v) is 9.48. The first-order chi connectivity index (χ1) is 7.83. The SMILES string of the molecule is N[C@H]1CC[C@@H](c2nc(-c3cscn3)no2)C1. The van der Waals surface area contributed by atoms with E-state index in [2.05, 4.69) is 15.1 Å². The Morgan fingerprint density at radius 2 is 2.38 bits per heavy atom. The fourth-order valence-electron chi connectivity index (χ4n) is 2.07. The van der Waals surface area contributed by atoms with Gasteiger partial charge < -0.3 is 10.3 Å². The second-order valence-electron chi connectivity index (χ2n) is 4.10. The number of thiazole rings is 1. The summed E-state index contributed by atoms with van der Waals surface area (Å²) in [5.41, 5.74) is 8.40. The fourth-order valence-corrected chi connectivity index (χ4v) is 2.60. The van der Waals surface area contributed by atoms with E-state index in [-0.39, 0.29) is 6.04 Å². The minimum atomic E-state index is 0.277. The first-order valence-electron chi connectivity index (χ1n) is 5.30. The van der Waals surface area contributed by atoms with E-state index in [4.69, 9.17) is 10.3 Å². The van der Waals surface area contributed by atoms with E-state index in [1.807, 2.05) is 5.38 Å². The first-order valence-corrected chi connectivity index (χ1v) is 6.25. The van der Waals surface area contributed by atoms with E-state index >= 15 is 0 Å². The summed E-state index contributed by atoms with van der Waals surface area (Å²) in [7, 11) is 0. The van der Waals surface area contributed by atoms with Crippen LogP contribution in [0.2, 0.25) is 0 Å². The number of hydrogen-bond donors (Lipinski definition) is 1. The number of nitrogens with two attached hydrogens (primary N) is 1. The third-order valence-corrected chi connectivity index (χ3v) is 3.51. The van der Waals surface area contributed by atoms with E-state index in [1.165, 1.54) is 11.3 Å². The molecule has 0 saturated heterocycles. The van der Waals surface area contributed by atoms with Gasteiger partial charge in [0.2, 0.25) is 11.7 Å². The van der Waals surface area contributed by atoms with Crippen molar-refractivity contribution in [2.75, 3.05) is 0 Å². The lowest BCUT2D eigenvalue weighted by Gasteiger charge is -2.01. The normalized spacial score (nSPS) is 25.1. The van der Waals surface area contributed by atoms with Crippen molar-refractivity contribution < 1.29 is 4.52 Å². The molecule has 1 fully saturated rings. The van der Waals surface area contributed by atoms with Crippen molar-refractivity contribution in [2.24, 2.45) is 5.73 Å². The van der Waals surface area contributed by atoms with Crippen LogP contribution >= 0.6 is 11.3 Å². The van der Waals surface area contributed by atoms with Crippen molar-refractivity contribution in [3.05, 3.63) is 16.8 Å². The Bertz CT molecular complexity index is 467. The molecule has 1 aliphatic carbocycles. The second kappa shape index (κ2) is 3.95. The molecule has 5 nitrogen and oxygen atoms in total. The predicted octanol–water partition coefficient (Wildman–Crippen LogP) is 1.79. The molecule has 2 aromatic rings. The maximum absolute atomic E-state index is 5.86. The van der Waals surface area contributed by atoms with Crippen LogP contribution in [-0.2, 0) is 0 Å². The maximum Gasteiger partial charge on any atom is 0.230 e. The monoisotopic (exact) mass is 236 g/mol. The number of nitrogens with zero attached hydrogens (tertiary/aromatic N) is 3. The molecule has 0 radical (unpaired) electrons. The van der Waals surface area contributed by atoms with Gasteiger partial charge in [0, 0.05) is 17.3 Å². The predicted molar refractivity (Wildman–Crippen MR) is 60.0 cm³/mol. The number of rotatable bonds is 2. The van der Waals surface area contributed by atoms with Crippen molar-refractivity contribution in [1.82, 2.24) is 15.1 Å². The Morgan fingerprint density at radius 3 is 3.06 bits per heavy atom. The lowest BCUT2D eigenvalue weighted by Crippen LogP contribution is -2.14. The minimum absolute atomic E-state index is 0.277. The quantitative estimate of drug-likeness (QED) is 0.860. The van der Waals surface area contributed by atoms with Gasteiger partial charge in [0.25, 0.3) is 0 Å². The smallest absolute Gasteiger partial charge is 0.230 e. The molecule has 0 aromatic carbocycles. The number of aromatic nitrogens is 3. The Hall–Kier alpha value is -1.27. The zero-order valence-electron chi connectivity index (χ0n) is 8.67. The van der Waals surface area contributed by atoms with Crippen molar-refractivity contribution >= 4 is 11.3 Å². The molecular weight excluding hydrogens is 224 g/mol. The van der Waals surface area contributed by atoms with E-state index < -0.39 is 0 Å². The average molecular weight is 236 g/mol. The van der Waals surface area contributed by atoms with E-state index in [9.17, 15) is 0 Å². The molecule has 1 saturated carbocycles. The molecule has 3 rings (SSSR count). The first kappa shape index (κ1) is 9.92. The van der Waals surface area contributed by atoms with Crippen LogP contribution in [-0.4, -0.2) is 21.2 Å². The minimum Gasteiger partial charge on any atom is -0.339 e. The van der Waals surface area contributed by atoms with Crippen LogP contribution in [0.1, 0.15) is 31.1 Å². The van der Waals surface area contributed by atoms with E-state index in [0.717, 1.165) is 25.0 Å². The highest BCUT2D eigenvalue weighted by molar-refractivity contribution is 7.07. The second-order valence-corrected chi connectivity index (χ2v) is 4.82. The molecule has 1 aliphatic rings. The van der Waals surface area contributed by atoms with Crippen molar-refractivity contribution in [3.8, 4) is 11.5 Å². The molecule has 84 valence electrons. The molecule has 2 N–H and O–H groups in total. The molecule has 2 heterocycles. The summed E-state index contributed by atoms with van der Waals surface area (Å²) in [6, 6.07) is 0.277. The number of hydrogen-bond acceptors (Lipinski definition) is 6. The summed E-state index contributed by atoms with van der Waals surface area (Å²) in [5, 5.41) is 5.86. The summed E-state index contributed by atoms with van der Waals surface area (Å²) in [6.45, 7) is 0. The largest absolute Gasteiger partial charge is 0.339 e. The molecule has 16 heavy (non-hydrogen) atoms. The Kier molecular flexibility index (Phi) is 2.45. The zero-order chi connectivity index (χ0) is 11.0. The van der Waals surface area contributed by atoms with Crippen molar-refractivity contribution in [2.45, 2.75) is 31.2 Å². The van der Waals surface area contributed by atoms with Gasteiger partial charge >= 0.3 is 0 Å². The molecule has 0 amide bonds. The van der Waals surface area contributed by atoms with Crippen LogP contribution in [0, 0.1) is 0 Å². The lowest BCUT2D eigenvalue weighted by molar-refractivity contribution is 0.353. The molecule has 0 unspecified atom stereocenters. The molecule has 0 bridgehead atoms. The van der Waals surface area contributed by atoms with Crippen LogP contribution in [0.25, 0.3) is 11.5 Å². The summed E-state index contributed by atoms with van der Waals surface area (Å²) >= 11 is 1.52. The highest BCUT2D eigenvalue weighted by Gasteiger charge is 2.28. The van der Waals surface area contributed by atoms with E-state index in [0.29, 0.717) is 17.6 Å². The Balaban J connectivity index is 1.83. The van der Waals surface area contributed by atoms with Gasteiger partial charge in [-0.2, -0.15) is 4.98 Å². The van der Waals surface area contributed by atoms with Gasteiger partial charge in [-0.1, -0.05) is 5.16 Å². The summed E-state index contributed by atoms with van der Waals surface area (Å²) in [6.07, 6.45) is 3.03. The summed E-state index contributed by atoms with van der Waals surface area (Å²) in [5.74, 6) is 1.61. The third kappa shape index (κ3) is 1.74. The van der Waals surface area contributed by atoms with Gasteiger partial charge in [-0.05, 0) is 19.3 Å². The molecule has 0 aliphatic heterocycles. The lowest BCUT2D eigenvalue weighted by atomic mass is 10.1. The van der Waals surface area contributed by atoms with Crippen LogP contribution < -0.4 is 5.73 Å². The highest BCUT2D eigenvalue weighted by atomic mass is 32.1. The Morgan fingerprint density at radius 1 is 1.44 bits per heavy atom. The standard InChI is InChI=1S/C10H12N4OS/c11-7-2-1-6(3-7)10-13-9(14-15-10)8-4-16-5-12-8/h4-7H,1-3,11H2/t6-,7+/m1/s1. The molecule has 0 spiro atoms. The van der Waals surface area contributed by atoms with Gasteiger partial charge in [0.05, 0.1) is 5.51 Å². The summed E-state index contributed by atoms with van der Waals surface area (Å²) < 4.78 is 5.27. The van der Waals surface area contributed by atoms with Gasteiger partial charge in [-0.25, -0.2) is 4.98 Å². The van der Waals surface area contributed by atoms with E-state index in [1.54, 1.807) is 5.51 Å². The molecule has 2 atom stereocenters. The van der Waals surface area contributed by atoms with Gasteiger partial charge in [0.15, 0.2) is 0 Å². The summed E-state index contributed by atoms with van der Waals surface area (Å²) in [4.78, 5) is 8.53. The molecule has 2 aromatic heterocycles. The molecular formula is C10H12N4OS. The van der Waals surface area contributed by atoms with Crippen LogP contribution in [0.5, 0.6) is 0 Å². The topological polar surface area (TPSA) is 77.8 Å². The Labute approximate surface area is 96.7 Å². The van der Waals surface area contributed by atoms with Crippen LogP contribution in [0.15, 0.2) is 15.4 Å². The van der Waals surface area contributed by atoms with Crippen molar-refractivity contribution in [3.63, 3.8) is 0 Å². The van der Waals surface area contributed by atoms with Gasteiger partial charge in [0.1, 0.15) is 5.69 Å². The third-order valence-electron chi connectivity index (χ3n) is 2.93. The maximum atomic E-state index is 5.86. The fraction of sp³-hybridized carbons (Fsp3) is 0.500.